The molecule has 0 saturated heterocycles. The molecule has 1 atom stereocenters. The molecule has 2 aromatic carbocycles. The predicted octanol–water partition coefficient (Wildman–Crippen LogP) is 4.17. The summed E-state index contributed by atoms with van der Waals surface area (Å²) in [5.74, 6) is -1.68. The second kappa shape index (κ2) is 10.1. The zero-order valence-corrected chi connectivity index (χ0v) is 19.6. The topological polar surface area (TPSA) is 105 Å². The summed E-state index contributed by atoms with van der Waals surface area (Å²) in [5, 5.41) is 14.6. The van der Waals surface area contributed by atoms with Crippen molar-refractivity contribution in [3.05, 3.63) is 59.7 Å². The van der Waals surface area contributed by atoms with Crippen LogP contribution in [0.1, 0.15) is 51.2 Å². The standard InChI is InChI=1S/C26H32N2O5/c1-16(2)22(23(29)30)28-24(31)26(3,4)13-14-27-25(32)33-15-21-19-11-7-5-9-17(19)18-10-6-8-12-20(18)21/h5-12,16,21-22H,13-15H2,1-4H3,(H,27,32)(H,28,31)(H,29,30)/t22-/m1/s1. The number of amides is 2. The van der Waals surface area contributed by atoms with Crippen LogP contribution in [0.25, 0.3) is 11.1 Å². The molecule has 176 valence electrons. The van der Waals surface area contributed by atoms with E-state index in [1.807, 2.05) is 24.3 Å². The van der Waals surface area contributed by atoms with Gasteiger partial charge in [-0.05, 0) is 34.6 Å². The van der Waals surface area contributed by atoms with Gasteiger partial charge in [0.15, 0.2) is 0 Å². The summed E-state index contributed by atoms with van der Waals surface area (Å²) in [4.78, 5) is 36.3. The summed E-state index contributed by atoms with van der Waals surface area (Å²) in [5.41, 5.74) is 3.76. The lowest BCUT2D eigenvalue weighted by atomic mass is 9.87. The molecule has 0 heterocycles. The highest BCUT2D eigenvalue weighted by molar-refractivity contribution is 5.87. The molecular weight excluding hydrogens is 420 g/mol. The van der Waals surface area contributed by atoms with Crippen molar-refractivity contribution in [1.82, 2.24) is 10.6 Å². The molecule has 0 spiro atoms. The Kier molecular flexibility index (Phi) is 7.41. The lowest BCUT2D eigenvalue weighted by molar-refractivity contribution is -0.144. The average Bonchev–Trinajstić information content (AvgIpc) is 3.09. The maximum atomic E-state index is 12.6. The van der Waals surface area contributed by atoms with Gasteiger partial charge in [0.1, 0.15) is 12.6 Å². The van der Waals surface area contributed by atoms with E-state index in [0.29, 0.717) is 6.42 Å². The molecule has 2 aromatic rings. The zero-order chi connectivity index (χ0) is 24.2. The minimum Gasteiger partial charge on any atom is -0.480 e. The number of carbonyl (C=O) groups is 3. The molecule has 0 bridgehead atoms. The van der Waals surface area contributed by atoms with Gasteiger partial charge < -0.3 is 20.5 Å². The van der Waals surface area contributed by atoms with Gasteiger partial charge in [0.2, 0.25) is 5.91 Å². The van der Waals surface area contributed by atoms with Gasteiger partial charge in [0.05, 0.1) is 0 Å². The highest BCUT2D eigenvalue weighted by atomic mass is 16.5. The Morgan fingerprint density at radius 2 is 1.55 bits per heavy atom. The molecule has 0 unspecified atom stereocenters. The Balaban J connectivity index is 1.51. The van der Waals surface area contributed by atoms with Crippen LogP contribution in [0.3, 0.4) is 0 Å². The molecule has 7 heteroatoms. The number of carboxylic acids is 1. The highest BCUT2D eigenvalue weighted by Crippen LogP contribution is 2.44. The quantitative estimate of drug-likeness (QED) is 0.530. The first kappa shape index (κ1) is 24.3. The van der Waals surface area contributed by atoms with Crippen molar-refractivity contribution in [2.45, 2.75) is 46.1 Å². The van der Waals surface area contributed by atoms with Crippen molar-refractivity contribution in [3.8, 4) is 11.1 Å². The van der Waals surface area contributed by atoms with E-state index in [2.05, 4.69) is 34.9 Å². The molecule has 0 aromatic heterocycles. The lowest BCUT2D eigenvalue weighted by Crippen LogP contribution is -2.49. The van der Waals surface area contributed by atoms with E-state index in [1.54, 1.807) is 27.7 Å². The highest BCUT2D eigenvalue weighted by Gasteiger charge is 2.33. The van der Waals surface area contributed by atoms with E-state index in [9.17, 15) is 19.5 Å². The van der Waals surface area contributed by atoms with E-state index in [4.69, 9.17) is 4.74 Å². The summed E-state index contributed by atoms with van der Waals surface area (Å²) in [7, 11) is 0. The largest absolute Gasteiger partial charge is 0.480 e. The van der Waals surface area contributed by atoms with Crippen LogP contribution in [0.15, 0.2) is 48.5 Å². The number of hydrogen-bond acceptors (Lipinski definition) is 4. The van der Waals surface area contributed by atoms with Crippen LogP contribution >= 0.6 is 0 Å². The maximum absolute atomic E-state index is 12.6. The third kappa shape index (κ3) is 5.53. The van der Waals surface area contributed by atoms with E-state index >= 15 is 0 Å². The van der Waals surface area contributed by atoms with Crippen LogP contribution in [0, 0.1) is 11.3 Å². The van der Waals surface area contributed by atoms with Gasteiger partial charge in [0.25, 0.3) is 0 Å². The van der Waals surface area contributed by atoms with Crippen molar-refractivity contribution in [2.24, 2.45) is 11.3 Å². The number of ether oxygens (including phenoxy) is 1. The number of hydrogen-bond donors (Lipinski definition) is 3. The average molecular weight is 453 g/mol. The maximum Gasteiger partial charge on any atom is 0.407 e. The van der Waals surface area contributed by atoms with Crippen LogP contribution in [0.5, 0.6) is 0 Å². The van der Waals surface area contributed by atoms with Crippen molar-refractivity contribution >= 4 is 18.0 Å². The number of benzene rings is 2. The van der Waals surface area contributed by atoms with Gasteiger partial charge in [-0.15, -0.1) is 0 Å². The molecular formula is C26H32N2O5. The smallest absolute Gasteiger partial charge is 0.407 e. The number of carboxylic acid groups (broad SMARTS) is 1. The summed E-state index contributed by atoms with van der Waals surface area (Å²) >= 11 is 0. The van der Waals surface area contributed by atoms with Gasteiger partial charge in [-0.2, -0.15) is 0 Å². The van der Waals surface area contributed by atoms with Crippen LogP contribution < -0.4 is 10.6 Å². The Bertz CT molecular complexity index is 985. The number of carbonyl (C=O) groups excluding carboxylic acids is 2. The van der Waals surface area contributed by atoms with E-state index in [-0.39, 0.29) is 30.9 Å². The second-order valence-corrected chi connectivity index (χ2v) is 9.42. The first-order valence-corrected chi connectivity index (χ1v) is 11.2. The van der Waals surface area contributed by atoms with Crippen molar-refractivity contribution in [1.29, 1.82) is 0 Å². The van der Waals surface area contributed by atoms with Gasteiger partial charge in [0, 0.05) is 17.9 Å². The molecule has 0 aliphatic heterocycles. The Labute approximate surface area is 194 Å². The molecule has 1 aliphatic rings. The number of alkyl carbamates (subject to hydrolysis) is 1. The summed E-state index contributed by atoms with van der Waals surface area (Å²) in [6.45, 7) is 7.38. The first-order chi connectivity index (χ1) is 15.6. The summed E-state index contributed by atoms with van der Waals surface area (Å²) in [6.07, 6.45) is -0.202. The van der Waals surface area contributed by atoms with Gasteiger partial charge in [-0.3, -0.25) is 4.79 Å². The molecule has 0 fully saturated rings. The van der Waals surface area contributed by atoms with Crippen molar-refractivity contribution in [3.63, 3.8) is 0 Å². The molecule has 0 radical (unpaired) electrons. The van der Waals surface area contributed by atoms with Crippen molar-refractivity contribution in [2.75, 3.05) is 13.2 Å². The fraction of sp³-hybridized carbons (Fsp3) is 0.423. The summed E-state index contributed by atoms with van der Waals surface area (Å²) in [6, 6.07) is 15.3. The molecule has 1 aliphatic carbocycles. The first-order valence-electron chi connectivity index (χ1n) is 11.2. The molecule has 33 heavy (non-hydrogen) atoms. The van der Waals surface area contributed by atoms with Crippen LogP contribution in [-0.4, -0.2) is 42.3 Å². The SMILES string of the molecule is CC(C)[C@@H](NC(=O)C(C)(C)CCNC(=O)OCC1c2ccccc2-c2ccccc21)C(=O)O. The van der Waals surface area contributed by atoms with Gasteiger partial charge in [-0.25, -0.2) is 9.59 Å². The molecule has 0 saturated carbocycles. The fourth-order valence-electron chi connectivity index (χ4n) is 4.09. The molecule has 7 nitrogen and oxygen atoms in total. The minimum atomic E-state index is -1.06. The Hall–Kier alpha value is -3.35. The van der Waals surface area contributed by atoms with Gasteiger partial charge >= 0.3 is 12.1 Å². The predicted molar refractivity (Wildman–Crippen MR) is 126 cm³/mol. The summed E-state index contributed by atoms with van der Waals surface area (Å²) < 4.78 is 5.51. The molecule has 3 N–H and O–H groups in total. The third-order valence-electron chi connectivity index (χ3n) is 6.20. The second-order valence-electron chi connectivity index (χ2n) is 9.42. The number of nitrogens with one attached hydrogen (secondary N) is 2. The normalized spacial score (nSPS) is 13.7. The fourth-order valence-corrected chi connectivity index (χ4v) is 4.09. The van der Waals surface area contributed by atoms with Crippen LogP contribution in [0.2, 0.25) is 0 Å². The molecule has 2 amide bonds. The van der Waals surface area contributed by atoms with E-state index < -0.39 is 23.5 Å². The van der Waals surface area contributed by atoms with Crippen LogP contribution in [-0.2, 0) is 14.3 Å². The van der Waals surface area contributed by atoms with E-state index in [0.717, 1.165) is 22.3 Å². The third-order valence-corrected chi connectivity index (χ3v) is 6.20. The lowest BCUT2D eigenvalue weighted by Gasteiger charge is -2.27. The van der Waals surface area contributed by atoms with Gasteiger partial charge in [-0.1, -0.05) is 76.2 Å². The monoisotopic (exact) mass is 452 g/mol. The van der Waals surface area contributed by atoms with Crippen molar-refractivity contribution < 1.29 is 24.2 Å². The van der Waals surface area contributed by atoms with Crippen LogP contribution in [0.4, 0.5) is 4.79 Å². The zero-order valence-electron chi connectivity index (χ0n) is 19.6. The minimum absolute atomic E-state index is 0.0191. The molecule has 3 rings (SSSR count). The number of rotatable bonds is 9. The number of aliphatic carboxylic acids is 1. The Morgan fingerprint density at radius 3 is 2.06 bits per heavy atom. The number of fused-ring (bicyclic) bond motifs is 3. The van der Waals surface area contributed by atoms with E-state index in [1.165, 1.54) is 0 Å². The Morgan fingerprint density at radius 1 is 1.00 bits per heavy atom.